The number of alkyl halides is 9. The Balaban J connectivity index is 2.37. The second kappa shape index (κ2) is 8.78. The minimum atomic E-state index is -7.36. The second-order valence-electron chi connectivity index (χ2n) is 7.26. The zero-order valence-corrected chi connectivity index (χ0v) is 18.2. The van der Waals surface area contributed by atoms with E-state index >= 15 is 0 Å². The smallest absolute Gasteiger partial charge is 0.298 e. The molecule has 0 radical (unpaired) electrons. The lowest BCUT2D eigenvalue weighted by Crippen LogP contribution is -2.63. The van der Waals surface area contributed by atoms with E-state index in [-0.39, 0.29) is 23.0 Å². The number of carbonyl (C=O) groups is 1. The summed E-state index contributed by atoms with van der Waals surface area (Å²) in [4.78, 5) is 12.5. The molecule has 31 heavy (non-hydrogen) atoms. The van der Waals surface area contributed by atoms with Gasteiger partial charge in [0.1, 0.15) is 5.78 Å². The molecule has 1 saturated carbocycles. The van der Waals surface area contributed by atoms with Crippen LogP contribution < -0.4 is 0 Å². The van der Waals surface area contributed by atoms with Gasteiger partial charge >= 0.3 is 33.4 Å². The molecule has 0 aromatic rings. The van der Waals surface area contributed by atoms with Crippen molar-refractivity contribution in [3.8, 4) is 0 Å². The number of halogens is 9. The Morgan fingerprint density at radius 2 is 1.39 bits per heavy atom. The zero-order chi connectivity index (χ0) is 23.9. The molecule has 184 valence electrons. The number of rotatable bonds is 8. The Labute approximate surface area is 178 Å². The lowest BCUT2D eigenvalue weighted by Gasteiger charge is -2.42. The van der Waals surface area contributed by atoms with E-state index < -0.39 is 61.2 Å². The van der Waals surface area contributed by atoms with E-state index in [9.17, 15) is 52.7 Å². The van der Waals surface area contributed by atoms with Crippen molar-refractivity contribution in [3.05, 3.63) is 0 Å². The van der Waals surface area contributed by atoms with E-state index in [0.717, 1.165) is 0 Å². The minimum absolute atomic E-state index is 0.115. The van der Waals surface area contributed by atoms with E-state index in [1.54, 1.807) is 0 Å². The van der Waals surface area contributed by atoms with Crippen LogP contribution in [0.25, 0.3) is 0 Å². The topological polar surface area (TPSA) is 60.4 Å². The molecule has 0 N–H and O–H groups in total. The summed E-state index contributed by atoms with van der Waals surface area (Å²) < 4.78 is 147. The fraction of sp³-hybridized carbons (Fsp3) is 0.933. The molecule has 1 heterocycles. The van der Waals surface area contributed by atoms with Crippen LogP contribution in [0.3, 0.4) is 0 Å². The van der Waals surface area contributed by atoms with Gasteiger partial charge in [-0.15, -0.1) is 10.3 Å². The molecule has 4 nitrogen and oxygen atoms in total. The number of ketones is 1. The fourth-order valence-corrected chi connectivity index (χ4v) is 11.1. The molecule has 0 atom stereocenters. The molecule has 0 aromatic heterocycles. The summed E-state index contributed by atoms with van der Waals surface area (Å²) in [6.07, 6.45) is -4.83. The molecule has 2 aliphatic rings. The highest BCUT2D eigenvalue weighted by Crippen LogP contribution is 2.60. The highest BCUT2D eigenvalue weighted by Gasteiger charge is 2.86. The third kappa shape index (κ3) is 4.95. The Morgan fingerprint density at radius 3 is 1.84 bits per heavy atom. The Morgan fingerprint density at radius 1 is 0.903 bits per heavy atom. The maximum atomic E-state index is 14.0. The van der Waals surface area contributed by atoms with Crippen molar-refractivity contribution < 1.29 is 56.4 Å². The molecule has 0 unspecified atom stereocenters. The highest BCUT2D eigenvalue weighted by molar-refractivity contribution is 8.34. The Kier molecular flexibility index (Phi) is 7.62. The molecule has 2 rings (SSSR count). The van der Waals surface area contributed by atoms with Gasteiger partial charge in [-0.25, -0.2) is 3.63 Å². The van der Waals surface area contributed by atoms with E-state index in [0.29, 0.717) is 25.7 Å². The van der Waals surface area contributed by atoms with Gasteiger partial charge in [-0.1, -0.05) is 12.8 Å². The van der Waals surface area contributed by atoms with Gasteiger partial charge in [0.05, 0.1) is 5.75 Å². The van der Waals surface area contributed by atoms with Gasteiger partial charge in [0.25, 0.3) is 0 Å². The minimum Gasteiger partial charge on any atom is -0.298 e. The van der Waals surface area contributed by atoms with Crippen molar-refractivity contribution in [1.82, 2.24) is 0 Å². The Bertz CT molecular complexity index is 771. The molecule has 1 aliphatic carbocycles. The SMILES string of the molecule is O=C(CS1(OS(=O)(=O)C(F)(F)C(F)(F)C(F)(F)C(F)(F)F)CCSCC1)C1CCCC1. The molecule has 16 heteroatoms. The van der Waals surface area contributed by atoms with Gasteiger partial charge in [0.2, 0.25) is 0 Å². The van der Waals surface area contributed by atoms with Crippen LogP contribution in [0.15, 0.2) is 0 Å². The van der Waals surface area contributed by atoms with Crippen molar-refractivity contribution >= 4 is 38.0 Å². The quantitative estimate of drug-likeness (QED) is 0.414. The molecule has 0 bridgehead atoms. The fourth-order valence-electron chi connectivity index (χ4n) is 3.24. The molecular weight excluding hydrogens is 511 g/mol. The standard InChI is InChI=1S/C15H19F9O4S3/c16-12(17,14(20,21)22)13(18,19)15(23,24)31(26,27)28-30(7-5-29-6-8-30)9-11(25)10-3-1-2-4-10/h10H,1-9H2. The summed E-state index contributed by atoms with van der Waals surface area (Å²) in [5.41, 5.74) is 0. The van der Waals surface area contributed by atoms with Gasteiger partial charge in [-0.05, 0) is 12.8 Å². The van der Waals surface area contributed by atoms with Gasteiger partial charge in [-0.2, -0.15) is 59.7 Å². The summed E-state index contributed by atoms with van der Waals surface area (Å²) in [7, 11) is -10.3. The van der Waals surface area contributed by atoms with Crippen LogP contribution in [0.1, 0.15) is 25.7 Å². The number of hydrogen-bond donors (Lipinski definition) is 0. The van der Waals surface area contributed by atoms with Crippen molar-refractivity contribution in [2.45, 2.75) is 49.0 Å². The number of hydrogen-bond acceptors (Lipinski definition) is 5. The summed E-state index contributed by atoms with van der Waals surface area (Å²) in [6.45, 7) is 0. The van der Waals surface area contributed by atoms with E-state index in [1.165, 1.54) is 11.8 Å². The highest BCUT2D eigenvalue weighted by atomic mass is 32.3. The summed E-state index contributed by atoms with van der Waals surface area (Å²) in [5.74, 6) is -16.7. The van der Waals surface area contributed by atoms with Crippen LogP contribution in [-0.4, -0.2) is 66.2 Å². The largest absolute Gasteiger partial charge is 0.460 e. The average Bonchev–Trinajstić information content (AvgIpc) is 3.15. The monoisotopic (exact) mass is 530 g/mol. The normalized spacial score (nSPS) is 23.0. The zero-order valence-electron chi connectivity index (χ0n) is 15.7. The van der Waals surface area contributed by atoms with Gasteiger partial charge in [-0.3, -0.25) is 4.79 Å². The molecule has 0 aromatic carbocycles. The Hall–Kier alpha value is -0.350. The van der Waals surface area contributed by atoms with Crippen LogP contribution in [0, 0.1) is 5.92 Å². The first kappa shape index (κ1) is 26.9. The van der Waals surface area contributed by atoms with Crippen molar-refractivity contribution in [2.75, 3.05) is 28.8 Å². The van der Waals surface area contributed by atoms with Crippen LogP contribution >= 0.6 is 22.1 Å². The van der Waals surface area contributed by atoms with Crippen LogP contribution in [0.2, 0.25) is 0 Å². The van der Waals surface area contributed by atoms with E-state index in [4.69, 9.17) is 0 Å². The lowest BCUT2D eigenvalue weighted by molar-refractivity contribution is -0.382. The van der Waals surface area contributed by atoms with Gasteiger partial charge in [0, 0.05) is 28.9 Å². The maximum absolute atomic E-state index is 14.0. The maximum Gasteiger partial charge on any atom is 0.460 e. The first-order valence-electron chi connectivity index (χ1n) is 8.93. The molecular formula is C15H19F9O4S3. The van der Waals surface area contributed by atoms with Crippen LogP contribution in [0.5, 0.6) is 0 Å². The summed E-state index contributed by atoms with van der Waals surface area (Å²) >= 11 is 1.23. The van der Waals surface area contributed by atoms with Crippen molar-refractivity contribution in [1.29, 1.82) is 0 Å². The predicted octanol–water partition coefficient (Wildman–Crippen LogP) is 4.98. The van der Waals surface area contributed by atoms with Crippen molar-refractivity contribution in [3.63, 3.8) is 0 Å². The molecule has 1 saturated heterocycles. The van der Waals surface area contributed by atoms with Crippen molar-refractivity contribution in [2.24, 2.45) is 5.92 Å². The second-order valence-corrected chi connectivity index (χ2v) is 13.5. The van der Waals surface area contributed by atoms with E-state index in [2.05, 4.69) is 3.63 Å². The van der Waals surface area contributed by atoms with Crippen LogP contribution in [0.4, 0.5) is 39.5 Å². The third-order valence-corrected chi connectivity index (χ3v) is 12.0. The molecule has 1 aliphatic heterocycles. The lowest BCUT2D eigenvalue weighted by atomic mass is 10.0. The number of carbonyl (C=O) groups excluding carboxylic acids is 1. The number of Topliss-reactive ketones (excluding diaryl/α,β-unsaturated/α-hetero) is 1. The number of thioether (sulfide) groups is 1. The average molecular weight is 530 g/mol. The molecule has 2 fully saturated rings. The summed E-state index contributed by atoms with van der Waals surface area (Å²) in [5, 5.41) is -6.90. The molecule has 0 spiro atoms. The molecule has 0 amide bonds. The third-order valence-electron chi connectivity index (χ3n) is 5.08. The van der Waals surface area contributed by atoms with E-state index in [1.807, 2.05) is 0 Å². The summed E-state index contributed by atoms with van der Waals surface area (Å²) in [6, 6.07) is 0. The van der Waals surface area contributed by atoms with Crippen LogP contribution in [-0.2, 0) is 18.5 Å². The first-order chi connectivity index (χ1) is 13.9. The first-order valence-corrected chi connectivity index (χ1v) is 13.6. The van der Waals surface area contributed by atoms with Gasteiger partial charge in [0.15, 0.2) is 0 Å². The predicted molar refractivity (Wildman–Crippen MR) is 97.4 cm³/mol. The van der Waals surface area contributed by atoms with Gasteiger partial charge < -0.3 is 0 Å².